The summed E-state index contributed by atoms with van der Waals surface area (Å²) in [6, 6.07) is 68.8. The number of aromatic nitrogens is 4. The number of hydrogen-bond acceptors (Lipinski definition) is 3. The number of benzene rings is 9. The molecule has 2 aromatic heterocycles. The molecule has 0 saturated carbocycles. The maximum absolute atomic E-state index is 5.10. The van der Waals surface area contributed by atoms with E-state index in [0.29, 0.717) is 17.5 Å². The van der Waals surface area contributed by atoms with E-state index >= 15 is 0 Å². The molecule has 4 nitrogen and oxygen atoms in total. The Morgan fingerprint density at radius 2 is 0.782 bits per heavy atom. The number of nitrogens with zero attached hydrogens (tertiary/aromatic N) is 4. The van der Waals surface area contributed by atoms with E-state index in [1.54, 1.807) is 0 Å². The van der Waals surface area contributed by atoms with Crippen molar-refractivity contribution in [2.45, 2.75) is 0 Å². The van der Waals surface area contributed by atoms with Gasteiger partial charge in [0.2, 0.25) is 0 Å². The van der Waals surface area contributed by atoms with Gasteiger partial charge in [-0.1, -0.05) is 164 Å². The molecule has 0 N–H and O–H groups in total. The lowest BCUT2D eigenvalue weighted by Crippen LogP contribution is -2.00. The molecule has 0 aliphatic rings. The van der Waals surface area contributed by atoms with Crippen LogP contribution in [0, 0.1) is 0 Å². The van der Waals surface area contributed by atoms with Crippen LogP contribution in [0.5, 0.6) is 0 Å². The molecule has 0 aliphatic heterocycles. The average Bonchev–Trinajstić information content (AvgIpc) is 3.60. The predicted molar refractivity (Wildman–Crippen MR) is 228 cm³/mol. The van der Waals surface area contributed by atoms with Gasteiger partial charge in [-0.3, -0.25) is 0 Å². The number of para-hydroxylation sites is 2. The predicted octanol–water partition coefficient (Wildman–Crippen LogP) is 13.1. The molecular formula is C51H32N4. The van der Waals surface area contributed by atoms with Crippen LogP contribution in [0.1, 0.15) is 0 Å². The van der Waals surface area contributed by atoms with Crippen molar-refractivity contribution < 1.29 is 0 Å². The molecule has 11 aromatic rings. The third kappa shape index (κ3) is 5.11. The van der Waals surface area contributed by atoms with Crippen molar-refractivity contribution in [2.75, 3.05) is 0 Å². The number of rotatable bonds is 5. The Kier molecular flexibility index (Phi) is 7.14. The second kappa shape index (κ2) is 12.6. The molecule has 9 aromatic carbocycles. The Morgan fingerprint density at radius 3 is 1.47 bits per heavy atom. The van der Waals surface area contributed by atoms with Crippen molar-refractivity contribution in [1.29, 1.82) is 0 Å². The fourth-order valence-electron chi connectivity index (χ4n) is 8.32. The van der Waals surface area contributed by atoms with Gasteiger partial charge in [-0.25, -0.2) is 15.0 Å². The van der Waals surface area contributed by atoms with E-state index < -0.39 is 0 Å². The highest BCUT2D eigenvalue weighted by Gasteiger charge is 2.18. The van der Waals surface area contributed by atoms with E-state index in [1.807, 2.05) is 60.7 Å². The molecule has 0 atom stereocenters. The summed E-state index contributed by atoms with van der Waals surface area (Å²) >= 11 is 0. The summed E-state index contributed by atoms with van der Waals surface area (Å²) in [5.41, 5.74) is 8.71. The average molecular weight is 701 g/mol. The third-order valence-electron chi connectivity index (χ3n) is 10.8. The molecule has 0 radical (unpaired) electrons. The topological polar surface area (TPSA) is 43.6 Å². The van der Waals surface area contributed by atoms with Gasteiger partial charge in [0.25, 0.3) is 0 Å². The molecule has 0 spiro atoms. The van der Waals surface area contributed by atoms with Gasteiger partial charge in [-0.2, -0.15) is 0 Å². The Hall–Kier alpha value is -7.43. The zero-order valence-electron chi connectivity index (χ0n) is 29.8. The molecule has 2 heterocycles. The van der Waals surface area contributed by atoms with Crippen LogP contribution in [-0.4, -0.2) is 19.5 Å². The van der Waals surface area contributed by atoms with Gasteiger partial charge in [-0.05, 0) is 73.8 Å². The van der Waals surface area contributed by atoms with Gasteiger partial charge in [-0.15, -0.1) is 0 Å². The van der Waals surface area contributed by atoms with Crippen LogP contribution in [0.2, 0.25) is 0 Å². The zero-order chi connectivity index (χ0) is 36.3. The Bertz CT molecular complexity index is 3180. The molecule has 0 amide bonds. The first kappa shape index (κ1) is 31.1. The SMILES string of the molecule is c1ccc(-c2nc(-c3ccccc3)nc(-c3ccc4c5ccccc5c5cccc(-c6ccc7c8ccccc8n(-c8ccccc8)c7c6)c5c4c3)n2)cc1. The minimum Gasteiger partial charge on any atom is -0.309 e. The standard InChI is InChI=1S/C51H32N4/c1-4-15-33(16-5-1)49-52-50(34-17-6-2-7-18-34)54-51(53-49)36-28-29-41-39-21-10-11-22-40(39)44-25-14-24-38(48(44)45(41)31-36)35-27-30-43-42-23-12-13-26-46(42)55(47(43)32-35)37-19-8-3-9-20-37/h1-32H. The van der Waals surface area contributed by atoms with E-state index in [2.05, 4.69) is 138 Å². The van der Waals surface area contributed by atoms with Crippen LogP contribution >= 0.6 is 0 Å². The summed E-state index contributed by atoms with van der Waals surface area (Å²) in [4.78, 5) is 15.1. The van der Waals surface area contributed by atoms with Crippen molar-refractivity contribution in [1.82, 2.24) is 19.5 Å². The highest BCUT2D eigenvalue weighted by atomic mass is 15.0. The molecule has 4 heteroatoms. The lowest BCUT2D eigenvalue weighted by molar-refractivity contribution is 1.07. The maximum atomic E-state index is 5.10. The second-order valence-corrected chi connectivity index (χ2v) is 14.0. The van der Waals surface area contributed by atoms with Gasteiger partial charge < -0.3 is 4.57 Å². The maximum Gasteiger partial charge on any atom is 0.164 e. The molecule has 256 valence electrons. The fourth-order valence-corrected chi connectivity index (χ4v) is 8.32. The lowest BCUT2D eigenvalue weighted by atomic mass is 9.88. The smallest absolute Gasteiger partial charge is 0.164 e. The minimum absolute atomic E-state index is 0.641. The highest BCUT2D eigenvalue weighted by molar-refractivity contribution is 6.29. The molecule has 0 unspecified atom stereocenters. The zero-order valence-corrected chi connectivity index (χ0v) is 29.8. The van der Waals surface area contributed by atoms with Gasteiger partial charge in [0.05, 0.1) is 11.0 Å². The quantitative estimate of drug-likeness (QED) is 0.168. The molecule has 0 fully saturated rings. The lowest BCUT2D eigenvalue weighted by Gasteiger charge is -2.16. The van der Waals surface area contributed by atoms with Crippen LogP contribution < -0.4 is 0 Å². The minimum atomic E-state index is 0.641. The molecule has 55 heavy (non-hydrogen) atoms. The summed E-state index contributed by atoms with van der Waals surface area (Å²) in [6.45, 7) is 0. The van der Waals surface area contributed by atoms with Crippen LogP contribution in [0.25, 0.3) is 105 Å². The monoisotopic (exact) mass is 700 g/mol. The number of fused-ring (bicyclic) bond motifs is 9. The van der Waals surface area contributed by atoms with E-state index in [9.17, 15) is 0 Å². The first-order valence-electron chi connectivity index (χ1n) is 18.6. The van der Waals surface area contributed by atoms with Crippen LogP contribution in [0.4, 0.5) is 0 Å². The number of hydrogen-bond donors (Lipinski definition) is 0. The Morgan fingerprint density at radius 1 is 0.291 bits per heavy atom. The summed E-state index contributed by atoms with van der Waals surface area (Å²) in [5, 5.41) is 9.71. The van der Waals surface area contributed by atoms with Crippen molar-refractivity contribution in [3.8, 4) is 51.0 Å². The van der Waals surface area contributed by atoms with E-state index in [1.165, 1.54) is 54.3 Å². The summed E-state index contributed by atoms with van der Waals surface area (Å²) < 4.78 is 2.39. The van der Waals surface area contributed by atoms with Crippen molar-refractivity contribution in [3.63, 3.8) is 0 Å². The van der Waals surface area contributed by atoms with Gasteiger partial charge in [0, 0.05) is 33.2 Å². The van der Waals surface area contributed by atoms with E-state index in [4.69, 9.17) is 15.0 Å². The van der Waals surface area contributed by atoms with Crippen molar-refractivity contribution in [3.05, 3.63) is 194 Å². The largest absolute Gasteiger partial charge is 0.309 e. The summed E-state index contributed by atoms with van der Waals surface area (Å²) in [5.74, 6) is 1.94. The molecule has 0 aliphatic carbocycles. The van der Waals surface area contributed by atoms with Crippen molar-refractivity contribution in [2.24, 2.45) is 0 Å². The molecule has 11 rings (SSSR count). The first-order valence-corrected chi connectivity index (χ1v) is 18.6. The Balaban J connectivity index is 1.19. The molecule has 0 saturated heterocycles. The van der Waals surface area contributed by atoms with E-state index in [-0.39, 0.29) is 0 Å². The second-order valence-electron chi connectivity index (χ2n) is 14.0. The van der Waals surface area contributed by atoms with Gasteiger partial charge in [0.1, 0.15) is 0 Å². The van der Waals surface area contributed by atoms with Crippen LogP contribution in [-0.2, 0) is 0 Å². The summed E-state index contributed by atoms with van der Waals surface area (Å²) in [7, 11) is 0. The Labute approximate surface area is 317 Å². The van der Waals surface area contributed by atoms with E-state index in [0.717, 1.165) is 33.3 Å². The van der Waals surface area contributed by atoms with Crippen molar-refractivity contribution >= 4 is 54.1 Å². The summed E-state index contributed by atoms with van der Waals surface area (Å²) in [6.07, 6.45) is 0. The fraction of sp³-hybridized carbons (Fsp3) is 0. The first-order chi connectivity index (χ1) is 27.3. The van der Waals surface area contributed by atoms with Crippen LogP contribution in [0.3, 0.4) is 0 Å². The molecular weight excluding hydrogens is 669 g/mol. The van der Waals surface area contributed by atoms with Crippen LogP contribution in [0.15, 0.2) is 194 Å². The highest BCUT2D eigenvalue weighted by Crippen LogP contribution is 2.43. The third-order valence-corrected chi connectivity index (χ3v) is 10.8. The van der Waals surface area contributed by atoms with Gasteiger partial charge in [0.15, 0.2) is 17.5 Å². The normalized spacial score (nSPS) is 11.6. The van der Waals surface area contributed by atoms with Gasteiger partial charge >= 0.3 is 0 Å². The molecule has 0 bridgehead atoms.